The lowest BCUT2D eigenvalue weighted by molar-refractivity contribution is -0.116. The van der Waals surface area contributed by atoms with Crippen LogP contribution in [0.15, 0.2) is 143 Å². The third-order valence-electron chi connectivity index (χ3n) is 8.09. The van der Waals surface area contributed by atoms with Crippen molar-refractivity contribution in [2.45, 2.75) is 10.1 Å². The van der Waals surface area contributed by atoms with Crippen LogP contribution in [0.5, 0.6) is 17.2 Å². The van der Waals surface area contributed by atoms with Gasteiger partial charge in [0.2, 0.25) is 5.91 Å². The molecule has 0 aliphatic rings. The fourth-order valence-electron chi connectivity index (χ4n) is 5.37. The Labute approximate surface area is 321 Å². The molecule has 0 aliphatic heterocycles. The summed E-state index contributed by atoms with van der Waals surface area (Å²) in [5.41, 5.74) is 3.88. The van der Waals surface area contributed by atoms with E-state index in [0.29, 0.717) is 33.4 Å². The highest BCUT2D eigenvalue weighted by molar-refractivity contribution is 8.00. The predicted molar refractivity (Wildman–Crippen MR) is 214 cm³/mol. The van der Waals surface area contributed by atoms with Gasteiger partial charge in [-0.2, -0.15) is 0 Å². The molecule has 0 bridgehead atoms. The predicted octanol–water partition coefficient (Wildman–Crippen LogP) is 8.72. The maximum absolute atomic E-state index is 13.8. The summed E-state index contributed by atoms with van der Waals surface area (Å²) >= 11 is 2.72. The van der Waals surface area contributed by atoms with Crippen LogP contribution in [0.2, 0.25) is 0 Å². The first-order valence-corrected chi connectivity index (χ1v) is 18.4. The molecule has 3 N–H and O–H groups in total. The molecular formula is C42H36N4O6S2. The first-order chi connectivity index (χ1) is 26.3. The Morgan fingerprint density at radius 3 is 2.11 bits per heavy atom. The van der Waals surface area contributed by atoms with Crippen molar-refractivity contribution in [1.29, 1.82) is 0 Å². The van der Waals surface area contributed by atoms with E-state index in [1.54, 1.807) is 67.8 Å². The monoisotopic (exact) mass is 756 g/mol. The van der Waals surface area contributed by atoms with E-state index in [1.165, 1.54) is 43.4 Å². The molecule has 6 aromatic rings. The number of nitrogens with one attached hydrogen (secondary N) is 3. The normalized spacial score (nSPS) is 11.6. The van der Waals surface area contributed by atoms with E-state index in [2.05, 4.69) is 20.9 Å². The average Bonchev–Trinajstić information content (AvgIpc) is 3.69. The summed E-state index contributed by atoms with van der Waals surface area (Å²) in [6.07, 6.45) is 1.53. The lowest BCUT2D eigenvalue weighted by Crippen LogP contribution is -2.30. The number of para-hydroxylation sites is 1. The zero-order valence-corrected chi connectivity index (χ0v) is 31.2. The van der Waals surface area contributed by atoms with E-state index in [4.69, 9.17) is 14.2 Å². The fourth-order valence-corrected chi connectivity index (χ4v) is 7.12. The van der Waals surface area contributed by atoms with Crippen molar-refractivity contribution >= 4 is 57.7 Å². The topological polar surface area (TPSA) is 128 Å². The third kappa shape index (κ3) is 9.34. The van der Waals surface area contributed by atoms with Crippen molar-refractivity contribution < 1.29 is 28.6 Å². The molecule has 0 radical (unpaired) electrons. The Kier molecular flexibility index (Phi) is 12.4. The standard InChI is InChI=1S/C42H36N4O6S2/c1-50-32-21-17-27(18-22-32)35-26-53-42(45-35)46-41(49)38(28-11-6-4-7-12-28)54-33-23-19-31(20-24-33)43-40(48)34(44-39(47)29-13-8-5-9-14-29)25-30-15-10-16-36(51-2)37(30)52-3/h4-26,38H,1-3H3,(H,43,48)(H,44,47)(H,45,46,49)/b34-25-. The van der Waals surface area contributed by atoms with Gasteiger partial charge < -0.3 is 30.2 Å². The molecule has 1 heterocycles. The van der Waals surface area contributed by atoms with E-state index in [9.17, 15) is 14.4 Å². The first-order valence-electron chi connectivity index (χ1n) is 16.7. The van der Waals surface area contributed by atoms with Crippen molar-refractivity contribution in [2.75, 3.05) is 32.0 Å². The molecule has 10 nitrogen and oxygen atoms in total. The van der Waals surface area contributed by atoms with Gasteiger partial charge in [0.25, 0.3) is 11.8 Å². The minimum atomic E-state index is -0.597. The van der Waals surface area contributed by atoms with Gasteiger partial charge in [-0.3, -0.25) is 14.4 Å². The maximum atomic E-state index is 13.8. The molecule has 12 heteroatoms. The minimum absolute atomic E-state index is 0.00740. The van der Waals surface area contributed by atoms with E-state index in [-0.39, 0.29) is 11.6 Å². The number of thiazole rings is 1. The number of amides is 3. The van der Waals surface area contributed by atoms with Crippen LogP contribution in [0.1, 0.15) is 26.7 Å². The van der Waals surface area contributed by atoms with Gasteiger partial charge in [0.1, 0.15) is 16.7 Å². The summed E-state index contributed by atoms with van der Waals surface area (Å²) in [5.74, 6) is 0.399. The lowest BCUT2D eigenvalue weighted by atomic mass is 10.1. The Morgan fingerprint density at radius 1 is 0.741 bits per heavy atom. The molecular weight excluding hydrogens is 721 g/mol. The molecule has 6 rings (SSSR count). The largest absolute Gasteiger partial charge is 0.497 e. The van der Waals surface area contributed by atoms with Gasteiger partial charge in [0, 0.05) is 32.7 Å². The number of hydrogen-bond acceptors (Lipinski definition) is 9. The number of methoxy groups -OCH3 is 3. The van der Waals surface area contributed by atoms with Crippen LogP contribution in [0.4, 0.5) is 10.8 Å². The Bertz CT molecular complexity index is 2240. The average molecular weight is 757 g/mol. The first kappa shape index (κ1) is 37.4. The van der Waals surface area contributed by atoms with Crippen molar-refractivity contribution in [3.8, 4) is 28.5 Å². The van der Waals surface area contributed by atoms with E-state index < -0.39 is 17.1 Å². The number of carbonyl (C=O) groups excluding carboxylic acids is 3. The number of thioether (sulfide) groups is 1. The number of hydrogen-bond donors (Lipinski definition) is 3. The smallest absolute Gasteiger partial charge is 0.272 e. The maximum Gasteiger partial charge on any atom is 0.272 e. The molecule has 54 heavy (non-hydrogen) atoms. The van der Waals surface area contributed by atoms with Gasteiger partial charge in [0.05, 0.1) is 27.0 Å². The number of rotatable bonds is 14. The molecule has 1 unspecified atom stereocenters. The number of carbonyl (C=O) groups is 3. The van der Waals surface area contributed by atoms with Crippen molar-refractivity contribution in [1.82, 2.24) is 10.3 Å². The van der Waals surface area contributed by atoms with E-state index >= 15 is 0 Å². The molecule has 0 fully saturated rings. The third-order valence-corrected chi connectivity index (χ3v) is 10.1. The van der Waals surface area contributed by atoms with Gasteiger partial charge in [-0.05, 0) is 78.4 Å². The van der Waals surface area contributed by atoms with Crippen LogP contribution in [-0.4, -0.2) is 44.0 Å². The van der Waals surface area contributed by atoms with E-state index in [1.807, 2.05) is 72.1 Å². The Morgan fingerprint density at radius 2 is 1.44 bits per heavy atom. The quantitative estimate of drug-likeness (QED) is 0.0744. The highest BCUT2D eigenvalue weighted by Gasteiger charge is 2.24. The van der Waals surface area contributed by atoms with Crippen molar-refractivity contribution in [3.63, 3.8) is 0 Å². The molecule has 0 saturated heterocycles. The second kappa shape index (κ2) is 17.9. The molecule has 0 aliphatic carbocycles. The fraction of sp³-hybridized carbons (Fsp3) is 0.0952. The lowest BCUT2D eigenvalue weighted by Gasteiger charge is -2.17. The summed E-state index contributed by atoms with van der Waals surface area (Å²) < 4.78 is 16.2. The van der Waals surface area contributed by atoms with Crippen LogP contribution in [0, 0.1) is 0 Å². The summed E-state index contributed by atoms with van der Waals surface area (Å²) in [5, 5.41) is 10.4. The number of ether oxygens (including phenoxy) is 3. The molecule has 0 spiro atoms. The molecule has 1 atom stereocenters. The highest BCUT2D eigenvalue weighted by atomic mass is 32.2. The van der Waals surface area contributed by atoms with Crippen molar-refractivity contribution in [3.05, 3.63) is 155 Å². The van der Waals surface area contributed by atoms with Gasteiger partial charge in [-0.15, -0.1) is 23.1 Å². The van der Waals surface area contributed by atoms with E-state index in [0.717, 1.165) is 27.5 Å². The zero-order valence-electron chi connectivity index (χ0n) is 29.6. The van der Waals surface area contributed by atoms with Crippen LogP contribution < -0.4 is 30.2 Å². The van der Waals surface area contributed by atoms with Gasteiger partial charge >= 0.3 is 0 Å². The van der Waals surface area contributed by atoms with Gasteiger partial charge in [-0.25, -0.2) is 4.98 Å². The number of benzene rings is 5. The van der Waals surface area contributed by atoms with Crippen molar-refractivity contribution in [2.24, 2.45) is 0 Å². The molecule has 5 aromatic carbocycles. The highest BCUT2D eigenvalue weighted by Crippen LogP contribution is 2.38. The molecule has 272 valence electrons. The van der Waals surface area contributed by atoms with Gasteiger partial charge in [-0.1, -0.05) is 60.7 Å². The van der Waals surface area contributed by atoms with Gasteiger partial charge in [0.15, 0.2) is 16.6 Å². The van der Waals surface area contributed by atoms with Crippen LogP contribution in [-0.2, 0) is 9.59 Å². The minimum Gasteiger partial charge on any atom is -0.497 e. The van der Waals surface area contributed by atoms with Crippen LogP contribution in [0.3, 0.4) is 0 Å². The number of aromatic nitrogens is 1. The Hall–Kier alpha value is -6.37. The van der Waals surface area contributed by atoms with Crippen LogP contribution in [0.25, 0.3) is 17.3 Å². The summed E-state index contributed by atoms with van der Waals surface area (Å²) in [7, 11) is 4.64. The number of nitrogens with zero attached hydrogens (tertiary/aromatic N) is 1. The zero-order chi connectivity index (χ0) is 37.9. The summed E-state index contributed by atoms with van der Waals surface area (Å²) in [6.45, 7) is 0. The Balaban J connectivity index is 1.19. The molecule has 0 saturated carbocycles. The number of anilines is 2. The second-order valence-corrected chi connectivity index (χ2v) is 13.6. The summed E-state index contributed by atoms with van der Waals surface area (Å²) in [6, 6.07) is 38.1. The SMILES string of the molecule is COc1ccc(-c2csc(NC(=O)C(Sc3ccc(NC(=O)/C(=C/c4cccc(OC)c4OC)NC(=O)c4ccccc4)cc3)c3ccccc3)n2)cc1. The molecule has 3 amide bonds. The van der Waals surface area contributed by atoms with Crippen LogP contribution >= 0.6 is 23.1 Å². The summed E-state index contributed by atoms with van der Waals surface area (Å²) in [4.78, 5) is 46.1. The molecule has 1 aromatic heterocycles. The second-order valence-electron chi connectivity index (χ2n) is 11.6.